The summed E-state index contributed by atoms with van der Waals surface area (Å²) in [4.78, 5) is 40.8. The van der Waals surface area contributed by atoms with Crippen molar-refractivity contribution in [1.29, 1.82) is 0 Å². The van der Waals surface area contributed by atoms with Gasteiger partial charge in [-0.1, -0.05) is 19.3 Å². The van der Waals surface area contributed by atoms with E-state index in [9.17, 15) is 14.4 Å². The van der Waals surface area contributed by atoms with Gasteiger partial charge in [-0.3, -0.25) is 14.4 Å². The van der Waals surface area contributed by atoms with Crippen LogP contribution in [0.1, 0.15) is 45.4 Å². The molecular weight excluding hydrogens is 310 g/mol. The van der Waals surface area contributed by atoms with E-state index in [1.165, 1.54) is 37.0 Å². The molecule has 0 aromatic carbocycles. The molecule has 0 bridgehead atoms. The second kappa shape index (κ2) is 9.01. The number of nitrogens with zero attached hydrogens (tertiary/aromatic N) is 3. The Bertz CT molecular complexity index is 461. The van der Waals surface area contributed by atoms with Crippen LogP contribution in [0, 0.1) is 0 Å². The predicted octanol–water partition coefficient (Wildman–Crippen LogP) is 0.787. The predicted molar refractivity (Wildman–Crippen MR) is 89.5 cm³/mol. The molecule has 2 fully saturated rings. The second-order valence-corrected chi connectivity index (χ2v) is 6.78. The fraction of sp³-hybridized carbons (Fsp3) is 0.824. The van der Waals surface area contributed by atoms with E-state index in [1.54, 1.807) is 11.8 Å². The van der Waals surface area contributed by atoms with Gasteiger partial charge >= 0.3 is 5.97 Å². The average molecular weight is 339 g/mol. The first-order chi connectivity index (χ1) is 11.5. The summed E-state index contributed by atoms with van der Waals surface area (Å²) in [6.45, 7) is 4.95. The van der Waals surface area contributed by atoms with Gasteiger partial charge in [-0.25, -0.2) is 0 Å². The highest BCUT2D eigenvalue weighted by Crippen LogP contribution is 2.14. The molecule has 2 rings (SSSR count). The first-order valence-electron chi connectivity index (χ1n) is 9.01. The Morgan fingerprint density at radius 2 is 1.67 bits per heavy atom. The summed E-state index contributed by atoms with van der Waals surface area (Å²) in [5.41, 5.74) is 0. The first kappa shape index (κ1) is 18.7. The molecule has 24 heavy (non-hydrogen) atoms. The molecule has 2 aliphatic rings. The molecular formula is C17H29N3O4. The van der Waals surface area contributed by atoms with Crippen LogP contribution in [0.3, 0.4) is 0 Å². The van der Waals surface area contributed by atoms with Crippen LogP contribution in [-0.2, 0) is 14.4 Å². The van der Waals surface area contributed by atoms with Crippen LogP contribution in [-0.4, -0.2) is 82.9 Å². The molecule has 0 aliphatic carbocycles. The maximum absolute atomic E-state index is 12.5. The number of carboxylic acid groups (broad SMARTS) is 1. The number of aliphatic carboxylic acids is 1. The first-order valence-corrected chi connectivity index (χ1v) is 9.01. The fourth-order valence-corrected chi connectivity index (χ4v) is 3.52. The Morgan fingerprint density at radius 1 is 1.04 bits per heavy atom. The quantitative estimate of drug-likeness (QED) is 0.801. The molecule has 1 N–H and O–H groups in total. The van der Waals surface area contributed by atoms with Crippen molar-refractivity contribution in [3.05, 3.63) is 0 Å². The summed E-state index contributed by atoms with van der Waals surface area (Å²) in [6, 6.07) is -0.571. The highest BCUT2D eigenvalue weighted by molar-refractivity contribution is 5.90. The van der Waals surface area contributed by atoms with Crippen molar-refractivity contribution < 1.29 is 19.5 Å². The van der Waals surface area contributed by atoms with Crippen molar-refractivity contribution in [2.75, 3.05) is 39.3 Å². The molecule has 2 amide bonds. The van der Waals surface area contributed by atoms with Gasteiger partial charge in [-0.15, -0.1) is 0 Å². The fourth-order valence-electron chi connectivity index (χ4n) is 3.52. The van der Waals surface area contributed by atoms with Crippen molar-refractivity contribution in [1.82, 2.24) is 14.7 Å². The monoisotopic (exact) mass is 339 g/mol. The molecule has 0 spiro atoms. The third-order valence-corrected chi connectivity index (χ3v) is 4.98. The van der Waals surface area contributed by atoms with Crippen molar-refractivity contribution >= 4 is 17.8 Å². The molecule has 7 nitrogen and oxygen atoms in total. The Hall–Kier alpha value is -1.63. The number of carboxylic acids is 1. The van der Waals surface area contributed by atoms with Gasteiger partial charge in [0.25, 0.3) is 0 Å². The zero-order valence-electron chi connectivity index (χ0n) is 14.6. The van der Waals surface area contributed by atoms with Crippen LogP contribution in [0.25, 0.3) is 0 Å². The standard InChI is InChI=1S/C17H29N3O4/c1-14-17(24)19(13-16(22)23)11-12-20(14)15(21)7-10-18-8-5-3-2-4-6-9-18/h14H,2-13H2,1H3,(H,22,23)/t14-/m1/s1. The van der Waals surface area contributed by atoms with Crippen molar-refractivity contribution in [3.8, 4) is 0 Å². The SMILES string of the molecule is C[C@@H]1C(=O)N(CC(=O)O)CCN1C(=O)CCN1CCCCCCC1. The van der Waals surface area contributed by atoms with Crippen molar-refractivity contribution in [2.24, 2.45) is 0 Å². The number of hydrogen-bond acceptors (Lipinski definition) is 4. The zero-order valence-corrected chi connectivity index (χ0v) is 14.6. The maximum atomic E-state index is 12.5. The summed E-state index contributed by atoms with van der Waals surface area (Å²) in [6.07, 6.45) is 6.65. The molecule has 136 valence electrons. The Balaban J connectivity index is 1.81. The van der Waals surface area contributed by atoms with Crippen LogP contribution in [0.15, 0.2) is 0 Å². The van der Waals surface area contributed by atoms with Crippen molar-refractivity contribution in [3.63, 3.8) is 0 Å². The molecule has 0 saturated carbocycles. The van der Waals surface area contributed by atoms with Gasteiger partial charge < -0.3 is 19.8 Å². The number of hydrogen-bond donors (Lipinski definition) is 1. The summed E-state index contributed by atoms with van der Waals surface area (Å²) in [5, 5.41) is 8.84. The molecule has 0 unspecified atom stereocenters. The number of rotatable bonds is 5. The van der Waals surface area contributed by atoms with Gasteiger partial charge in [-0.2, -0.15) is 0 Å². The number of piperazine rings is 1. The molecule has 0 aromatic heterocycles. The van der Waals surface area contributed by atoms with Gasteiger partial charge in [-0.05, 0) is 32.9 Å². The Labute approximate surface area is 143 Å². The van der Waals surface area contributed by atoms with E-state index in [-0.39, 0.29) is 18.4 Å². The lowest BCUT2D eigenvalue weighted by molar-refractivity contribution is -0.154. The number of amides is 2. The normalized spacial score (nSPS) is 23.7. The topological polar surface area (TPSA) is 81.2 Å². The summed E-state index contributed by atoms with van der Waals surface area (Å²) in [5.74, 6) is -1.30. The molecule has 0 aromatic rings. The minimum atomic E-state index is -1.02. The second-order valence-electron chi connectivity index (χ2n) is 6.78. The van der Waals surface area contributed by atoms with Gasteiger partial charge in [0.15, 0.2) is 0 Å². The van der Waals surface area contributed by atoms with E-state index in [1.807, 2.05) is 0 Å². The average Bonchev–Trinajstić information content (AvgIpc) is 2.50. The Morgan fingerprint density at radius 3 is 2.29 bits per heavy atom. The smallest absolute Gasteiger partial charge is 0.323 e. The highest BCUT2D eigenvalue weighted by atomic mass is 16.4. The van der Waals surface area contributed by atoms with Gasteiger partial charge in [0.1, 0.15) is 12.6 Å². The lowest BCUT2D eigenvalue weighted by Crippen LogP contribution is -2.58. The van der Waals surface area contributed by atoms with Crippen LogP contribution >= 0.6 is 0 Å². The van der Waals surface area contributed by atoms with Crippen LogP contribution in [0.5, 0.6) is 0 Å². The molecule has 2 saturated heterocycles. The molecule has 2 aliphatic heterocycles. The lowest BCUT2D eigenvalue weighted by atomic mass is 10.1. The van der Waals surface area contributed by atoms with E-state index < -0.39 is 12.0 Å². The van der Waals surface area contributed by atoms with Crippen molar-refractivity contribution in [2.45, 2.75) is 51.5 Å². The van der Waals surface area contributed by atoms with Crippen LogP contribution in [0.4, 0.5) is 0 Å². The summed E-state index contributed by atoms with van der Waals surface area (Å²) < 4.78 is 0. The summed E-state index contributed by atoms with van der Waals surface area (Å²) in [7, 11) is 0. The van der Waals surface area contributed by atoms with Gasteiger partial charge in [0, 0.05) is 26.1 Å². The maximum Gasteiger partial charge on any atom is 0.323 e. The van der Waals surface area contributed by atoms with Gasteiger partial charge in [0.05, 0.1) is 0 Å². The largest absolute Gasteiger partial charge is 0.480 e. The van der Waals surface area contributed by atoms with Crippen LogP contribution < -0.4 is 0 Å². The number of carbonyl (C=O) groups is 3. The highest BCUT2D eigenvalue weighted by Gasteiger charge is 2.34. The van der Waals surface area contributed by atoms with E-state index in [0.717, 1.165) is 19.6 Å². The van der Waals surface area contributed by atoms with E-state index in [2.05, 4.69) is 4.90 Å². The summed E-state index contributed by atoms with van der Waals surface area (Å²) >= 11 is 0. The van der Waals surface area contributed by atoms with E-state index >= 15 is 0 Å². The van der Waals surface area contributed by atoms with E-state index in [4.69, 9.17) is 5.11 Å². The molecule has 1 atom stereocenters. The third-order valence-electron chi connectivity index (χ3n) is 4.98. The molecule has 0 radical (unpaired) electrons. The molecule has 2 heterocycles. The van der Waals surface area contributed by atoms with E-state index in [0.29, 0.717) is 19.5 Å². The minimum Gasteiger partial charge on any atom is -0.480 e. The third kappa shape index (κ3) is 5.19. The van der Waals surface area contributed by atoms with Crippen LogP contribution in [0.2, 0.25) is 0 Å². The zero-order chi connectivity index (χ0) is 17.5. The number of likely N-dealkylation sites (tertiary alicyclic amines) is 1. The van der Waals surface area contributed by atoms with Gasteiger partial charge in [0.2, 0.25) is 11.8 Å². The Kier molecular flexibility index (Phi) is 7.02. The minimum absolute atomic E-state index is 0.00659. The number of carbonyl (C=O) groups excluding carboxylic acids is 2. The lowest BCUT2D eigenvalue weighted by Gasteiger charge is -2.38. The molecule has 7 heteroatoms.